The van der Waals surface area contributed by atoms with Crippen LogP contribution in [0.3, 0.4) is 0 Å². The minimum atomic E-state index is -0.0411. The molecule has 2 aromatic rings. The maximum absolute atomic E-state index is 12.6. The zero-order valence-electron chi connectivity index (χ0n) is 17.7. The quantitative estimate of drug-likeness (QED) is 0.706. The third kappa shape index (κ3) is 6.41. The molecule has 0 saturated carbocycles. The third-order valence-electron chi connectivity index (χ3n) is 4.96. The number of rotatable bonds is 6. The number of amides is 2. The fourth-order valence-electron chi connectivity index (χ4n) is 3.41. The second-order valence-corrected chi connectivity index (χ2v) is 7.92. The predicted octanol–water partition coefficient (Wildman–Crippen LogP) is 4.79. The Hall–Kier alpha value is -3.21. The highest BCUT2D eigenvalue weighted by Crippen LogP contribution is 2.22. The van der Waals surface area contributed by atoms with Gasteiger partial charge in [0.1, 0.15) is 5.82 Å². The van der Waals surface area contributed by atoms with Crippen molar-refractivity contribution in [3.63, 3.8) is 0 Å². The molecule has 0 saturated heterocycles. The number of pyridine rings is 1. The first kappa shape index (κ1) is 21.5. The maximum atomic E-state index is 12.6. The van der Waals surface area contributed by atoms with Crippen LogP contribution in [0, 0.1) is 5.92 Å². The van der Waals surface area contributed by atoms with Crippen molar-refractivity contribution in [1.82, 2.24) is 9.88 Å². The Bertz CT molecular complexity index is 915. The van der Waals surface area contributed by atoms with Gasteiger partial charge in [-0.05, 0) is 53.7 Å². The number of hydrogen-bond donors (Lipinski definition) is 1. The summed E-state index contributed by atoms with van der Waals surface area (Å²) in [4.78, 5) is 30.6. The number of carbonyl (C=O) groups is 2. The van der Waals surface area contributed by atoms with Crippen molar-refractivity contribution in [3.8, 4) is 0 Å². The Morgan fingerprint density at radius 2 is 1.93 bits per heavy atom. The van der Waals surface area contributed by atoms with E-state index in [0.717, 1.165) is 24.9 Å². The van der Waals surface area contributed by atoms with Gasteiger partial charge in [0.25, 0.3) is 0 Å². The molecule has 1 aromatic heterocycles. The lowest BCUT2D eigenvalue weighted by atomic mass is 10.0. The van der Waals surface area contributed by atoms with Crippen LogP contribution in [-0.4, -0.2) is 34.8 Å². The highest BCUT2D eigenvalue weighted by Gasteiger charge is 2.15. The van der Waals surface area contributed by atoms with Crippen LogP contribution in [0.15, 0.2) is 60.8 Å². The van der Waals surface area contributed by atoms with E-state index in [0.29, 0.717) is 24.7 Å². The third-order valence-corrected chi connectivity index (χ3v) is 4.96. The summed E-state index contributed by atoms with van der Waals surface area (Å²) >= 11 is 0. The molecule has 1 aliphatic heterocycles. The van der Waals surface area contributed by atoms with E-state index >= 15 is 0 Å². The highest BCUT2D eigenvalue weighted by molar-refractivity contribution is 5.92. The molecule has 0 unspecified atom stereocenters. The first-order valence-electron chi connectivity index (χ1n) is 10.5. The van der Waals surface area contributed by atoms with Gasteiger partial charge < -0.3 is 10.2 Å². The summed E-state index contributed by atoms with van der Waals surface area (Å²) in [5.41, 5.74) is 3.35. The van der Waals surface area contributed by atoms with Gasteiger partial charge in [-0.25, -0.2) is 4.98 Å². The van der Waals surface area contributed by atoms with Crippen LogP contribution in [0.2, 0.25) is 0 Å². The van der Waals surface area contributed by atoms with Crippen molar-refractivity contribution in [3.05, 3.63) is 71.9 Å². The number of anilines is 1. The molecule has 2 heterocycles. The molecule has 0 radical (unpaired) electrons. The Morgan fingerprint density at radius 1 is 1.13 bits per heavy atom. The molecule has 1 aliphatic rings. The van der Waals surface area contributed by atoms with Gasteiger partial charge in [0.15, 0.2) is 0 Å². The van der Waals surface area contributed by atoms with E-state index in [9.17, 15) is 9.59 Å². The zero-order valence-corrected chi connectivity index (χ0v) is 17.7. The highest BCUT2D eigenvalue weighted by atomic mass is 16.2. The van der Waals surface area contributed by atoms with Gasteiger partial charge in [-0.15, -0.1) is 0 Å². The molecule has 0 aliphatic carbocycles. The molecule has 1 N–H and O–H groups in total. The van der Waals surface area contributed by atoms with Crippen molar-refractivity contribution >= 4 is 29.3 Å². The van der Waals surface area contributed by atoms with Crippen molar-refractivity contribution in [2.75, 3.05) is 18.4 Å². The van der Waals surface area contributed by atoms with Crippen molar-refractivity contribution in [2.24, 2.45) is 5.92 Å². The Morgan fingerprint density at radius 3 is 2.63 bits per heavy atom. The average molecular weight is 404 g/mol. The normalized spacial score (nSPS) is 14.5. The summed E-state index contributed by atoms with van der Waals surface area (Å²) in [6.45, 7) is 5.43. The molecular weight excluding hydrogens is 374 g/mol. The maximum Gasteiger partial charge on any atom is 0.246 e. The number of carbonyl (C=O) groups excluding carboxylic acids is 2. The number of nitrogens with one attached hydrogen (secondary N) is 1. The van der Waals surface area contributed by atoms with E-state index < -0.39 is 0 Å². The largest absolute Gasteiger partial charge is 0.339 e. The van der Waals surface area contributed by atoms with Gasteiger partial charge in [-0.3, -0.25) is 9.59 Å². The van der Waals surface area contributed by atoms with Gasteiger partial charge in [0, 0.05) is 31.8 Å². The SMILES string of the molecule is CC(C)CC(=O)Nc1ccc(/C=C/C(=O)N2CCC=C(c3ccccc3)CC2)cn1. The second-order valence-electron chi connectivity index (χ2n) is 7.92. The molecule has 30 heavy (non-hydrogen) atoms. The van der Waals surface area contributed by atoms with Crippen LogP contribution in [-0.2, 0) is 9.59 Å². The van der Waals surface area contributed by atoms with Gasteiger partial charge >= 0.3 is 0 Å². The van der Waals surface area contributed by atoms with E-state index in [-0.39, 0.29) is 11.8 Å². The van der Waals surface area contributed by atoms with Crippen molar-refractivity contribution in [2.45, 2.75) is 33.1 Å². The molecule has 1 aromatic carbocycles. The smallest absolute Gasteiger partial charge is 0.246 e. The van der Waals surface area contributed by atoms with Crippen LogP contribution in [0.25, 0.3) is 11.6 Å². The van der Waals surface area contributed by atoms with E-state index in [1.807, 2.05) is 43.0 Å². The van der Waals surface area contributed by atoms with Gasteiger partial charge in [-0.1, -0.05) is 50.3 Å². The summed E-state index contributed by atoms with van der Waals surface area (Å²) in [5, 5.41) is 2.79. The first-order valence-corrected chi connectivity index (χ1v) is 10.5. The monoisotopic (exact) mass is 403 g/mol. The lowest BCUT2D eigenvalue weighted by Gasteiger charge is -2.18. The molecule has 0 spiro atoms. The van der Waals surface area contributed by atoms with E-state index in [2.05, 4.69) is 28.5 Å². The molecule has 2 amide bonds. The van der Waals surface area contributed by atoms with Crippen molar-refractivity contribution < 1.29 is 9.59 Å². The Labute approximate surface area is 178 Å². The molecule has 0 bridgehead atoms. The van der Waals surface area contributed by atoms with Crippen LogP contribution in [0.1, 0.15) is 44.2 Å². The molecule has 0 fully saturated rings. The van der Waals surface area contributed by atoms with E-state index in [1.54, 1.807) is 24.4 Å². The number of aromatic nitrogens is 1. The van der Waals surface area contributed by atoms with Crippen LogP contribution in [0.5, 0.6) is 0 Å². The summed E-state index contributed by atoms with van der Waals surface area (Å²) in [7, 11) is 0. The Balaban J connectivity index is 1.53. The molecule has 3 rings (SSSR count). The first-order chi connectivity index (χ1) is 14.5. The molecular formula is C25H29N3O2. The lowest BCUT2D eigenvalue weighted by Crippen LogP contribution is -2.30. The van der Waals surface area contributed by atoms with Crippen LogP contribution < -0.4 is 5.32 Å². The fourth-order valence-corrected chi connectivity index (χ4v) is 3.41. The second kappa shape index (κ2) is 10.5. The topological polar surface area (TPSA) is 62.3 Å². The molecule has 0 atom stereocenters. The van der Waals surface area contributed by atoms with E-state index in [1.165, 1.54) is 11.1 Å². The standard InChI is InChI=1S/C25H29N3O2/c1-19(2)17-24(29)27-23-12-10-20(18-26-23)11-13-25(30)28-15-6-9-22(14-16-28)21-7-4-3-5-8-21/h3-5,7-13,18-19H,6,14-17H2,1-2H3,(H,26,27,29)/b13-11+. The summed E-state index contributed by atoms with van der Waals surface area (Å²) in [6.07, 6.45) is 9.45. The average Bonchev–Trinajstić information content (AvgIpc) is 2.99. The van der Waals surface area contributed by atoms with Gasteiger partial charge in [-0.2, -0.15) is 0 Å². The minimum absolute atomic E-state index is 0.00650. The predicted molar refractivity (Wildman–Crippen MR) is 122 cm³/mol. The lowest BCUT2D eigenvalue weighted by molar-refractivity contribution is -0.125. The minimum Gasteiger partial charge on any atom is -0.339 e. The summed E-state index contributed by atoms with van der Waals surface area (Å²) in [5.74, 6) is 0.792. The summed E-state index contributed by atoms with van der Waals surface area (Å²) in [6, 6.07) is 13.9. The van der Waals surface area contributed by atoms with Crippen molar-refractivity contribution in [1.29, 1.82) is 0 Å². The number of hydrogen-bond acceptors (Lipinski definition) is 3. The van der Waals surface area contributed by atoms with Crippen LogP contribution >= 0.6 is 0 Å². The van der Waals surface area contributed by atoms with Gasteiger partial charge in [0.05, 0.1) is 0 Å². The molecule has 156 valence electrons. The fraction of sp³-hybridized carbons (Fsp3) is 0.320. The number of benzene rings is 1. The molecule has 5 nitrogen and oxygen atoms in total. The Kier molecular flexibility index (Phi) is 7.55. The summed E-state index contributed by atoms with van der Waals surface area (Å²) < 4.78 is 0. The van der Waals surface area contributed by atoms with Crippen LogP contribution in [0.4, 0.5) is 5.82 Å². The molecule has 5 heteroatoms. The zero-order chi connectivity index (χ0) is 21.3. The van der Waals surface area contributed by atoms with Gasteiger partial charge in [0.2, 0.25) is 11.8 Å². The number of nitrogens with zero attached hydrogens (tertiary/aromatic N) is 2. The van der Waals surface area contributed by atoms with E-state index in [4.69, 9.17) is 0 Å².